The molecule has 0 spiro atoms. The van der Waals surface area contributed by atoms with Crippen molar-refractivity contribution in [2.45, 2.75) is 17.7 Å². The molecular weight excluding hydrogens is 294 g/mol. The van der Waals surface area contributed by atoms with Gasteiger partial charge in [0.1, 0.15) is 11.0 Å². The van der Waals surface area contributed by atoms with Crippen LogP contribution in [0.3, 0.4) is 0 Å². The number of rotatable bonds is 10. The van der Waals surface area contributed by atoms with Gasteiger partial charge < -0.3 is 9.47 Å². The highest BCUT2D eigenvalue weighted by Gasteiger charge is 2.18. The average molecular weight is 313 g/mol. The van der Waals surface area contributed by atoms with Crippen molar-refractivity contribution in [1.82, 2.24) is 9.71 Å². The summed E-state index contributed by atoms with van der Waals surface area (Å²) in [5, 5.41) is 8.86. The summed E-state index contributed by atoms with van der Waals surface area (Å²) in [6.07, 6.45) is 2.77. The van der Waals surface area contributed by atoms with E-state index in [-0.39, 0.29) is 17.1 Å². The van der Waals surface area contributed by atoms with Crippen LogP contribution in [0.2, 0.25) is 0 Å². The van der Waals surface area contributed by atoms with Crippen LogP contribution in [0.1, 0.15) is 18.5 Å². The molecule has 1 heterocycles. The van der Waals surface area contributed by atoms with E-state index in [1.807, 2.05) is 0 Å². The first-order valence-electron chi connectivity index (χ1n) is 6.53. The molecule has 21 heavy (non-hydrogen) atoms. The summed E-state index contributed by atoms with van der Waals surface area (Å²) in [7, 11) is -2.10. The van der Waals surface area contributed by atoms with E-state index in [9.17, 15) is 8.42 Å². The molecule has 0 aromatic carbocycles. The second-order valence-corrected chi connectivity index (χ2v) is 5.91. The van der Waals surface area contributed by atoms with Crippen molar-refractivity contribution in [1.29, 1.82) is 5.26 Å². The normalized spacial score (nSPS) is 11.2. The molecule has 0 atom stereocenters. The van der Waals surface area contributed by atoms with Crippen LogP contribution in [0.25, 0.3) is 0 Å². The number of ether oxygens (including phenoxy) is 2. The van der Waals surface area contributed by atoms with E-state index in [2.05, 4.69) is 9.71 Å². The van der Waals surface area contributed by atoms with E-state index in [1.54, 1.807) is 13.2 Å². The molecule has 1 N–H and O–H groups in total. The molecule has 0 aliphatic heterocycles. The summed E-state index contributed by atoms with van der Waals surface area (Å²) >= 11 is 0. The molecule has 1 rings (SSSR count). The van der Waals surface area contributed by atoms with Crippen LogP contribution in [-0.2, 0) is 19.5 Å². The highest BCUT2D eigenvalue weighted by molar-refractivity contribution is 7.89. The number of nitrogens with one attached hydrogen (secondary N) is 1. The van der Waals surface area contributed by atoms with E-state index in [0.29, 0.717) is 26.2 Å². The van der Waals surface area contributed by atoms with Crippen LogP contribution in [0.15, 0.2) is 23.2 Å². The lowest BCUT2D eigenvalue weighted by Gasteiger charge is -2.07. The third-order valence-corrected chi connectivity index (χ3v) is 4.10. The van der Waals surface area contributed by atoms with Crippen LogP contribution in [0, 0.1) is 11.3 Å². The van der Waals surface area contributed by atoms with E-state index >= 15 is 0 Å². The van der Waals surface area contributed by atoms with Gasteiger partial charge in [0.05, 0.1) is 13.2 Å². The summed E-state index contributed by atoms with van der Waals surface area (Å²) < 4.78 is 36.6. The molecular formula is C13H19N3O4S. The monoisotopic (exact) mass is 313 g/mol. The fraction of sp³-hybridized carbons (Fsp3) is 0.538. The van der Waals surface area contributed by atoms with Gasteiger partial charge in [0.2, 0.25) is 10.0 Å². The molecule has 0 bridgehead atoms. The predicted molar refractivity (Wildman–Crippen MR) is 76.1 cm³/mol. The molecule has 0 unspecified atom stereocenters. The summed E-state index contributed by atoms with van der Waals surface area (Å²) in [4.78, 5) is 3.64. The second-order valence-electron chi connectivity index (χ2n) is 4.17. The number of methoxy groups -OCH3 is 1. The zero-order chi connectivity index (χ0) is 15.6. The zero-order valence-corrected chi connectivity index (χ0v) is 12.7. The van der Waals surface area contributed by atoms with Crippen molar-refractivity contribution in [3.63, 3.8) is 0 Å². The first-order valence-corrected chi connectivity index (χ1v) is 8.01. The van der Waals surface area contributed by atoms with E-state index in [1.165, 1.54) is 18.3 Å². The largest absolute Gasteiger partial charge is 0.382 e. The Morgan fingerprint density at radius 1 is 1.33 bits per heavy atom. The number of unbranched alkanes of at least 4 members (excludes halogenated alkanes) is 1. The van der Waals surface area contributed by atoms with Gasteiger partial charge in [0, 0.05) is 26.5 Å². The van der Waals surface area contributed by atoms with Gasteiger partial charge in [-0.3, -0.25) is 0 Å². The van der Waals surface area contributed by atoms with Crippen LogP contribution >= 0.6 is 0 Å². The molecule has 8 heteroatoms. The molecule has 0 amide bonds. The topological polar surface area (TPSA) is 101 Å². The third kappa shape index (κ3) is 6.18. The van der Waals surface area contributed by atoms with Crippen molar-refractivity contribution >= 4 is 10.0 Å². The minimum absolute atomic E-state index is 0.0937. The highest BCUT2D eigenvalue weighted by atomic mass is 32.2. The Kier molecular flexibility index (Phi) is 7.85. The zero-order valence-electron chi connectivity index (χ0n) is 11.9. The Morgan fingerprint density at radius 3 is 2.86 bits per heavy atom. The van der Waals surface area contributed by atoms with Gasteiger partial charge >= 0.3 is 0 Å². The maximum absolute atomic E-state index is 12.0. The number of nitrogens with zero attached hydrogens (tertiary/aromatic N) is 2. The maximum Gasteiger partial charge on any atom is 0.243 e. The lowest BCUT2D eigenvalue weighted by atomic mass is 10.3. The van der Waals surface area contributed by atoms with Gasteiger partial charge in [-0.1, -0.05) is 0 Å². The first-order chi connectivity index (χ1) is 10.1. The molecule has 1 aromatic heterocycles. The Bertz CT molecular complexity index is 569. The van der Waals surface area contributed by atoms with Gasteiger partial charge in [-0.25, -0.2) is 18.1 Å². The van der Waals surface area contributed by atoms with Crippen LogP contribution in [0.4, 0.5) is 0 Å². The van der Waals surface area contributed by atoms with Gasteiger partial charge in [-0.15, -0.1) is 0 Å². The maximum atomic E-state index is 12.0. The highest BCUT2D eigenvalue weighted by Crippen LogP contribution is 2.11. The lowest BCUT2D eigenvalue weighted by molar-refractivity contribution is 0.0689. The van der Waals surface area contributed by atoms with E-state index < -0.39 is 10.0 Å². The van der Waals surface area contributed by atoms with Gasteiger partial charge in [0.15, 0.2) is 5.69 Å². The molecule has 0 saturated carbocycles. The van der Waals surface area contributed by atoms with Crippen molar-refractivity contribution < 1.29 is 17.9 Å². The number of pyridine rings is 1. The molecule has 0 saturated heterocycles. The Balaban J connectivity index is 2.36. The van der Waals surface area contributed by atoms with Gasteiger partial charge in [-0.2, -0.15) is 5.26 Å². The standard InChI is InChI=1S/C13H19N3O4S/c1-19-9-10-20-8-3-2-7-16-21(17,18)13-5-4-6-15-12(13)11-14/h4-6,16H,2-3,7-10H2,1H3. The summed E-state index contributed by atoms with van der Waals surface area (Å²) in [5.74, 6) is 0. The molecule has 1 aromatic rings. The van der Waals surface area contributed by atoms with Crippen LogP contribution < -0.4 is 4.72 Å². The number of hydrogen-bond donors (Lipinski definition) is 1. The SMILES string of the molecule is COCCOCCCCNS(=O)(=O)c1cccnc1C#N. The smallest absolute Gasteiger partial charge is 0.243 e. The molecule has 0 fully saturated rings. The Morgan fingerprint density at radius 2 is 2.14 bits per heavy atom. The number of hydrogen-bond acceptors (Lipinski definition) is 6. The third-order valence-electron chi connectivity index (χ3n) is 2.61. The average Bonchev–Trinajstić information content (AvgIpc) is 2.50. The van der Waals surface area contributed by atoms with E-state index in [0.717, 1.165) is 6.42 Å². The van der Waals surface area contributed by atoms with E-state index in [4.69, 9.17) is 14.7 Å². The first kappa shape index (κ1) is 17.5. The summed E-state index contributed by atoms with van der Waals surface area (Å²) in [5.41, 5.74) is -0.104. The second kappa shape index (κ2) is 9.41. The number of sulfonamides is 1. The lowest BCUT2D eigenvalue weighted by Crippen LogP contribution is -2.26. The number of aromatic nitrogens is 1. The predicted octanol–water partition coefficient (Wildman–Crippen LogP) is 0.675. The fourth-order valence-corrected chi connectivity index (χ4v) is 2.73. The van der Waals surface area contributed by atoms with Crippen molar-refractivity contribution in [3.05, 3.63) is 24.0 Å². The minimum atomic E-state index is -3.70. The molecule has 116 valence electrons. The number of nitriles is 1. The minimum Gasteiger partial charge on any atom is -0.382 e. The molecule has 0 aliphatic carbocycles. The van der Waals surface area contributed by atoms with Gasteiger partial charge in [0.25, 0.3) is 0 Å². The van der Waals surface area contributed by atoms with Crippen molar-refractivity contribution in [2.75, 3.05) is 33.5 Å². The molecule has 0 aliphatic rings. The molecule has 7 nitrogen and oxygen atoms in total. The van der Waals surface area contributed by atoms with Crippen LogP contribution in [0.5, 0.6) is 0 Å². The Labute approximate surface area is 125 Å². The van der Waals surface area contributed by atoms with Gasteiger partial charge in [-0.05, 0) is 25.0 Å². The van der Waals surface area contributed by atoms with Crippen LogP contribution in [-0.4, -0.2) is 46.9 Å². The quantitative estimate of drug-likeness (QED) is 0.637. The van der Waals surface area contributed by atoms with Crippen molar-refractivity contribution in [3.8, 4) is 6.07 Å². The summed E-state index contributed by atoms with van der Waals surface area (Å²) in [6, 6.07) is 4.62. The molecule has 0 radical (unpaired) electrons. The summed E-state index contributed by atoms with van der Waals surface area (Å²) in [6.45, 7) is 1.92. The van der Waals surface area contributed by atoms with Crippen molar-refractivity contribution in [2.24, 2.45) is 0 Å². The fourth-order valence-electron chi connectivity index (χ4n) is 1.55. The Hall–Kier alpha value is -1.53.